The Morgan fingerprint density at radius 1 is 1.53 bits per heavy atom. The van der Waals surface area contributed by atoms with Crippen LogP contribution in [0.1, 0.15) is 16.1 Å². The molecule has 1 heterocycles. The van der Waals surface area contributed by atoms with Gasteiger partial charge in [0.05, 0.1) is 12.5 Å². The SMILES string of the molecule is Cn1cncc1C(=O)NCc1cccc(Br)c1. The number of hydrogen-bond acceptors (Lipinski definition) is 2. The third kappa shape index (κ3) is 2.94. The molecule has 0 aliphatic rings. The summed E-state index contributed by atoms with van der Waals surface area (Å²) in [6, 6.07) is 7.83. The number of halogens is 1. The van der Waals surface area contributed by atoms with Gasteiger partial charge in [0.1, 0.15) is 5.69 Å². The predicted octanol–water partition coefficient (Wildman–Crippen LogP) is 2.11. The number of benzene rings is 1. The molecular formula is C12H12BrN3O. The van der Waals surface area contributed by atoms with Crippen LogP contribution in [0.5, 0.6) is 0 Å². The zero-order valence-electron chi connectivity index (χ0n) is 9.35. The van der Waals surface area contributed by atoms with E-state index < -0.39 is 0 Å². The van der Waals surface area contributed by atoms with E-state index >= 15 is 0 Å². The number of hydrogen-bond donors (Lipinski definition) is 1. The summed E-state index contributed by atoms with van der Waals surface area (Å²) >= 11 is 3.39. The van der Waals surface area contributed by atoms with Crippen LogP contribution >= 0.6 is 15.9 Å². The lowest BCUT2D eigenvalue weighted by Gasteiger charge is -2.05. The molecule has 2 rings (SSSR count). The van der Waals surface area contributed by atoms with Crippen molar-refractivity contribution in [1.82, 2.24) is 14.9 Å². The maximum atomic E-state index is 11.8. The summed E-state index contributed by atoms with van der Waals surface area (Å²) in [5, 5.41) is 2.85. The average Bonchev–Trinajstić information content (AvgIpc) is 2.72. The van der Waals surface area contributed by atoms with Gasteiger partial charge in [0.15, 0.2) is 0 Å². The zero-order valence-corrected chi connectivity index (χ0v) is 10.9. The van der Waals surface area contributed by atoms with Gasteiger partial charge in [-0.15, -0.1) is 0 Å². The van der Waals surface area contributed by atoms with Crippen molar-refractivity contribution < 1.29 is 4.79 Å². The molecule has 17 heavy (non-hydrogen) atoms. The highest BCUT2D eigenvalue weighted by atomic mass is 79.9. The Hall–Kier alpha value is -1.62. The fourth-order valence-electron chi connectivity index (χ4n) is 1.50. The molecule has 0 atom stereocenters. The lowest BCUT2D eigenvalue weighted by molar-refractivity contribution is 0.0942. The van der Waals surface area contributed by atoms with Crippen molar-refractivity contribution in [3.8, 4) is 0 Å². The number of carbonyl (C=O) groups is 1. The minimum atomic E-state index is -0.120. The third-order valence-corrected chi connectivity index (χ3v) is 2.88. The maximum Gasteiger partial charge on any atom is 0.269 e. The molecule has 0 aliphatic carbocycles. The van der Waals surface area contributed by atoms with Crippen LogP contribution in [0.2, 0.25) is 0 Å². The van der Waals surface area contributed by atoms with E-state index in [4.69, 9.17) is 0 Å². The second-order valence-corrected chi connectivity index (χ2v) is 4.62. The Labute approximate surface area is 108 Å². The molecule has 4 nitrogen and oxygen atoms in total. The molecule has 0 unspecified atom stereocenters. The molecule has 2 aromatic rings. The molecule has 0 radical (unpaired) electrons. The number of nitrogens with zero attached hydrogens (tertiary/aromatic N) is 2. The number of amides is 1. The van der Waals surface area contributed by atoms with Crippen molar-refractivity contribution in [1.29, 1.82) is 0 Å². The lowest BCUT2D eigenvalue weighted by Crippen LogP contribution is -2.24. The highest BCUT2D eigenvalue weighted by Gasteiger charge is 2.08. The number of imidazole rings is 1. The summed E-state index contributed by atoms with van der Waals surface area (Å²) in [7, 11) is 1.79. The lowest BCUT2D eigenvalue weighted by atomic mass is 10.2. The monoisotopic (exact) mass is 293 g/mol. The van der Waals surface area contributed by atoms with Crippen LogP contribution in [0.4, 0.5) is 0 Å². The minimum Gasteiger partial charge on any atom is -0.347 e. The number of rotatable bonds is 3. The van der Waals surface area contributed by atoms with Crippen molar-refractivity contribution in [2.24, 2.45) is 7.05 Å². The second-order valence-electron chi connectivity index (χ2n) is 3.70. The number of nitrogens with one attached hydrogen (secondary N) is 1. The van der Waals surface area contributed by atoms with Crippen molar-refractivity contribution >= 4 is 21.8 Å². The van der Waals surface area contributed by atoms with Crippen LogP contribution in [0.25, 0.3) is 0 Å². The van der Waals surface area contributed by atoms with E-state index in [0.29, 0.717) is 12.2 Å². The molecule has 0 saturated heterocycles. The van der Waals surface area contributed by atoms with E-state index in [1.54, 1.807) is 24.1 Å². The molecular weight excluding hydrogens is 282 g/mol. The smallest absolute Gasteiger partial charge is 0.269 e. The summed E-state index contributed by atoms with van der Waals surface area (Å²) in [6.07, 6.45) is 3.16. The van der Waals surface area contributed by atoms with Crippen LogP contribution in [0.3, 0.4) is 0 Å². The van der Waals surface area contributed by atoms with Crippen LogP contribution in [0.15, 0.2) is 41.3 Å². The van der Waals surface area contributed by atoms with Crippen LogP contribution < -0.4 is 5.32 Å². The van der Waals surface area contributed by atoms with E-state index in [1.807, 2.05) is 24.3 Å². The molecule has 1 aromatic heterocycles. The largest absolute Gasteiger partial charge is 0.347 e. The van der Waals surface area contributed by atoms with E-state index in [1.165, 1.54) is 0 Å². The van der Waals surface area contributed by atoms with E-state index in [-0.39, 0.29) is 5.91 Å². The molecule has 1 amide bonds. The fourth-order valence-corrected chi connectivity index (χ4v) is 1.94. The van der Waals surface area contributed by atoms with Crippen LogP contribution in [0, 0.1) is 0 Å². The Morgan fingerprint density at radius 2 is 2.35 bits per heavy atom. The third-order valence-electron chi connectivity index (χ3n) is 2.39. The summed E-state index contributed by atoms with van der Waals surface area (Å²) in [6.45, 7) is 0.503. The van der Waals surface area contributed by atoms with Gasteiger partial charge in [-0.1, -0.05) is 28.1 Å². The van der Waals surface area contributed by atoms with Crippen molar-refractivity contribution in [2.45, 2.75) is 6.54 Å². The molecule has 1 aromatic carbocycles. The first-order valence-corrected chi connectivity index (χ1v) is 5.95. The van der Waals surface area contributed by atoms with Gasteiger partial charge in [-0.05, 0) is 17.7 Å². The van der Waals surface area contributed by atoms with Gasteiger partial charge in [0, 0.05) is 18.1 Å². The molecule has 5 heteroatoms. The topological polar surface area (TPSA) is 46.9 Å². The Kier molecular flexibility index (Phi) is 3.58. The van der Waals surface area contributed by atoms with E-state index in [0.717, 1.165) is 10.0 Å². The first kappa shape index (κ1) is 11.9. The van der Waals surface area contributed by atoms with Crippen LogP contribution in [-0.4, -0.2) is 15.5 Å². The van der Waals surface area contributed by atoms with E-state index in [9.17, 15) is 4.79 Å². The quantitative estimate of drug-likeness (QED) is 0.942. The van der Waals surface area contributed by atoms with Crippen molar-refractivity contribution in [2.75, 3.05) is 0 Å². The van der Waals surface area contributed by atoms with Gasteiger partial charge in [0.2, 0.25) is 0 Å². The standard InChI is InChI=1S/C12H12BrN3O/c1-16-8-14-7-11(16)12(17)15-6-9-3-2-4-10(13)5-9/h2-5,7-8H,6H2,1H3,(H,15,17). The number of aromatic nitrogens is 2. The molecule has 0 spiro atoms. The minimum absolute atomic E-state index is 0.120. The van der Waals surface area contributed by atoms with Gasteiger partial charge in [-0.3, -0.25) is 4.79 Å². The molecule has 0 fully saturated rings. The highest BCUT2D eigenvalue weighted by Crippen LogP contribution is 2.11. The normalized spacial score (nSPS) is 10.2. The summed E-state index contributed by atoms with van der Waals surface area (Å²) in [4.78, 5) is 15.7. The Morgan fingerprint density at radius 3 is 3.00 bits per heavy atom. The second kappa shape index (κ2) is 5.14. The molecule has 0 saturated carbocycles. The maximum absolute atomic E-state index is 11.8. The summed E-state index contributed by atoms with van der Waals surface area (Å²) in [5.41, 5.74) is 1.61. The molecule has 0 aliphatic heterocycles. The van der Waals surface area contributed by atoms with Crippen LogP contribution in [-0.2, 0) is 13.6 Å². The van der Waals surface area contributed by atoms with Gasteiger partial charge < -0.3 is 9.88 Å². The van der Waals surface area contributed by atoms with Gasteiger partial charge in [-0.25, -0.2) is 4.98 Å². The fraction of sp³-hybridized carbons (Fsp3) is 0.167. The summed E-state index contributed by atoms with van der Waals surface area (Å²) in [5.74, 6) is -0.120. The Balaban J connectivity index is 1.99. The zero-order chi connectivity index (χ0) is 12.3. The highest BCUT2D eigenvalue weighted by molar-refractivity contribution is 9.10. The molecule has 88 valence electrons. The summed E-state index contributed by atoms with van der Waals surface area (Å²) < 4.78 is 2.70. The first-order chi connectivity index (χ1) is 8.16. The predicted molar refractivity (Wildman–Crippen MR) is 68.5 cm³/mol. The molecule has 0 bridgehead atoms. The molecule has 1 N–H and O–H groups in total. The van der Waals surface area contributed by atoms with Gasteiger partial charge in [-0.2, -0.15) is 0 Å². The van der Waals surface area contributed by atoms with Gasteiger partial charge in [0.25, 0.3) is 5.91 Å². The first-order valence-electron chi connectivity index (χ1n) is 5.16. The average molecular weight is 294 g/mol. The van der Waals surface area contributed by atoms with Crippen molar-refractivity contribution in [3.05, 3.63) is 52.5 Å². The number of aryl methyl sites for hydroxylation is 1. The number of carbonyl (C=O) groups excluding carboxylic acids is 1. The Bertz CT molecular complexity index is 536. The van der Waals surface area contributed by atoms with Gasteiger partial charge >= 0.3 is 0 Å². The van der Waals surface area contributed by atoms with E-state index in [2.05, 4.69) is 26.2 Å². The van der Waals surface area contributed by atoms with Crippen molar-refractivity contribution in [3.63, 3.8) is 0 Å².